The lowest BCUT2D eigenvalue weighted by molar-refractivity contribution is -0.0521. The molecule has 2 fully saturated rings. The number of nitrogens with zero attached hydrogens (tertiary/aromatic N) is 1. The van der Waals surface area contributed by atoms with Crippen LogP contribution in [0.25, 0.3) is 0 Å². The molecule has 2 bridgehead atoms. The van der Waals surface area contributed by atoms with Crippen LogP contribution in [0.4, 0.5) is 0 Å². The first-order valence-corrected chi connectivity index (χ1v) is 11.1. The molecule has 2 nitrogen and oxygen atoms in total. The van der Waals surface area contributed by atoms with E-state index in [1.807, 2.05) is 0 Å². The van der Waals surface area contributed by atoms with Crippen molar-refractivity contribution in [1.29, 1.82) is 0 Å². The lowest BCUT2D eigenvalue weighted by atomic mass is 9.70. The zero-order valence-electron chi connectivity index (χ0n) is 17.4. The summed E-state index contributed by atoms with van der Waals surface area (Å²) in [6, 6.07) is 20.6. The molecular formula is C26H33NO. The number of aliphatic hydroxyl groups is 1. The number of rotatable bonds is 3. The molecule has 2 aromatic rings. The third-order valence-corrected chi connectivity index (χ3v) is 8.13. The highest BCUT2D eigenvalue weighted by Gasteiger charge is 2.56. The van der Waals surface area contributed by atoms with Gasteiger partial charge in [-0.2, -0.15) is 0 Å². The molecule has 0 unspecified atom stereocenters. The molecule has 28 heavy (non-hydrogen) atoms. The lowest BCUT2D eigenvalue weighted by Crippen LogP contribution is -2.55. The van der Waals surface area contributed by atoms with Gasteiger partial charge in [-0.1, -0.05) is 67.9 Å². The summed E-state index contributed by atoms with van der Waals surface area (Å²) < 4.78 is 0. The Hall–Kier alpha value is -1.64. The van der Waals surface area contributed by atoms with Crippen LogP contribution in [0, 0.1) is 11.8 Å². The summed E-state index contributed by atoms with van der Waals surface area (Å²) in [5, 5.41) is 11.0. The molecule has 6 atom stereocenters. The highest BCUT2D eigenvalue weighted by Crippen LogP contribution is 2.61. The number of likely N-dealkylation sites (tertiary alicyclic amines) is 1. The van der Waals surface area contributed by atoms with E-state index in [0.717, 1.165) is 19.4 Å². The molecule has 0 radical (unpaired) electrons. The summed E-state index contributed by atoms with van der Waals surface area (Å²) in [5.41, 5.74) is 4.52. The van der Waals surface area contributed by atoms with Gasteiger partial charge < -0.3 is 5.11 Å². The Kier molecular flexibility index (Phi) is 4.41. The molecule has 148 valence electrons. The van der Waals surface area contributed by atoms with E-state index in [0.29, 0.717) is 29.7 Å². The average molecular weight is 376 g/mol. The maximum absolute atomic E-state index is 11.0. The minimum absolute atomic E-state index is 0.000461. The number of benzene rings is 2. The van der Waals surface area contributed by atoms with Crippen molar-refractivity contribution in [2.45, 2.75) is 69.6 Å². The van der Waals surface area contributed by atoms with Gasteiger partial charge in [0, 0.05) is 35.9 Å². The second kappa shape index (κ2) is 6.71. The Labute approximate surface area is 169 Å². The predicted octanol–water partition coefficient (Wildman–Crippen LogP) is 5.50. The van der Waals surface area contributed by atoms with Gasteiger partial charge >= 0.3 is 0 Å². The second-order valence-electron chi connectivity index (χ2n) is 10.0. The van der Waals surface area contributed by atoms with Crippen molar-refractivity contribution in [3.8, 4) is 0 Å². The van der Waals surface area contributed by atoms with E-state index in [4.69, 9.17) is 0 Å². The highest BCUT2D eigenvalue weighted by molar-refractivity contribution is 5.48. The van der Waals surface area contributed by atoms with E-state index in [2.05, 4.69) is 80.3 Å². The molecule has 5 rings (SSSR count). The van der Waals surface area contributed by atoms with E-state index in [1.165, 1.54) is 17.5 Å². The fraction of sp³-hybridized carbons (Fsp3) is 0.538. The van der Waals surface area contributed by atoms with Crippen LogP contribution in [0.2, 0.25) is 0 Å². The van der Waals surface area contributed by atoms with Gasteiger partial charge in [0.2, 0.25) is 0 Å². The molecule has 1 N–H and O–H groups in total. The summed E-state index contributed by atoms with van der Waals surface area (Å²) in [4.78, 5) is 2.75. The minimum Gasteiger partial charge on any atom is -0.393 e. The van der Waals surface area contributed by atoms with Crippen LogP contribution in [-0.4, -0.2) is 28.2 Å². The Morgan fingerprint density at radius 3 is 2.32 bits per heavy atom. The maximum atomic E-state index is 11.0. The van der Waals surface area contributed by atoms with Crippen molar-refractivity contribution in [1.82, 2.24) is 4.90 Å². The molecule has 1 aliphatic heterocycles. The zero-order valence-corrected chi connectivity index (χ0v) is 17.4. The third-order valence-electron chi connectivity index (χ3n) is 8.13. The molecule has 2 aliphatic carbocycles. The Bertz CT molecular complexity index is 845. The van der Waals surface area contributed by atoms with Gasteiger partial charge in [-0.05, 0) is 49.3 Å². The van der Waals surface area contributed by atoms with Gasteiger partial charge in [0.25, 0.3) is 0 Å². The first-order chi connectivity index (χ1) is 13.5. The quantitative estimate of drug-likeness (QED) is 0.766. The SMILES string of the molecule is C[C@@H]1CC[C@@H](C(C)(C)N2C[C@@H]3c4ccccc4[C@H]2[C@H]3c2ccccc2)[C@H](O)C1. The van der Waals surface area contributed by atoms with Crippen molar-refractivity contribution < 1.29 is 5.11 Å². The largest absolute Gasteiger partial charge is 0.393 e. The van der Waals surface area contributed by atoms with Crippen molar-refractivity contribution in [3.63, 3.8) is 0 Å². The Morgan fingerprint density at radius 2 is 1.61 bits per heavy atom. The highest BCUT2D eigenvalue weighted by atomic mass is 16.3. The smallest absolute Gasteiger partial charge is 0.0588 e. The molecule has 0 aromatic heterocycles. The van der Waals surface area contributed by atoms with Gasteiger partial charge in [0.1, 0.15) is 0 Å². The van der Waals surface area contributed by atoms with Crippen molar-refractivity contribution in [2.75, 3.05) is 6.54 Å². The van der Waals surface area contributed by atoms with Crippen LogP contribution < -0.4 is 0 Å². The molecule has 1 saturated heterocycles. The Morgan fingerprint density at radius 1 is 0.929 bits per heavy atom. The molecule has 1 heterocycles. The molecule has 3 aliphatic rings. The van der Waals surface area contributed by atoms with Gasteiger partial charge in [0.05, 0.1) is 6.10 Å². The van der Waals surface area contributed by atoms with Gasteiger partial charge in [-0.15, -0.1) is 0 Å². The molecule has 1 saturated carbocycles. The second-order valence-corrected chi connectivity index (χ2v) is 10.0. The van der Waals surface area contributed by atoms with Crippen LogP contribution in [0.1, 0.15) is 74.6 Å². The van der Waals surface area contributed by atoms with E-state index in [-0.39, 0.29) is 11.6 Å². The fourth-order valence-corrected chi connectivity index (χ4v) is 6.70. The fourth-order valence-electron chi connectivity index (χ4n) is 6.70. The first-order valence-electron chi connectivity index (χ1n) is 11.1. The van der Waals surface area contributed by atoms with Crippen molar-refractivity contribution >= 4 is 0 Å². The molecule has 0 amide bonds. The molecule has 2 aromatic carbocycles. The molecule has 0 spiro atoms. The summed E-state index contributed by atoms with van der Waals surface area (Å²) >= 11 is 0. The van der Waals surface area contributed by atoms with E-state index >= 15 is 0 Å². The summed E-state index contributed by atoms with van der Waals surface area (Å²) in [7, 11) is 0. The number of hydrogen-bond donors (Lipinski definition) is 1. The van der Waals surface area contributed by atoms with Crippen LogP contribution in [-0.2, 0) is 0 Å². The third kappa shape index (κ3) is 2.69. The normalized spacial score (nSPS) is 35.1. The number of aliphatic hydroxyl groups excluding tert-OH is 1. The van der Waals surface area contributed by atoms with Gasteiger partial charge in [-0.25, -0.2) is 0 Å². The van der Waals surface area contributed by atoms with Crippen LogP contribution in [0.3, 0.4) is 0 Å². The average Bonchev–Trinajstić information content (AvgIpc) is 3.23. The predicted molar refractivity (Wildman–Crippen MR) is 114 cm³/mol. The Balaban J connectivity index is 1.53. The van der Waals surface area contributed by atoms with E-state index in [9.17, 15) is 5.11 Å². The standard InChI is InChI=1S/C26H33NO/c1-17-13-14-22(23(28)15-17)26(2,3)27-16-21-19-11-7-8-12-20(19)25(27)24(21)18-9-5-4-6-10-18/h4-12,17,21-25,28H,13-16H2,1-3H3/t17-,21-,22-,23-,24+,25+/m1/s1. The van der Waals surface area contributed by atoms with Crippen LogP contribution in [0.5, 0.6) is 0 Å². The molecule has 2 heteroatoms. The monoisotopic (exact) mass is 375 g/mol. The maximum Gasteiger partial charge on any atom is 0.0588 e. The topological polar surface area (TPSA) is 23.5 Å². The van der Waals surface area contributed by atoms with E-state index < -0.39 is 0 Å². The van der Waals surface area contributed by atoms with Crippen LogP contribution >= 0.6 is 0 Å². The first kappa shape index (κ1) is 18.4. The minimum atomic E-state index is -0.178. The summed E-state index contributed by atoms with van der Waals surface area (Å²) in [6.07, 6.45) is 3.16. The number of fused-ring (bicyclic) bond motifs is 5. The lowest BCUT2D eigenvalue weighted by Gasteiger charge is -2.50. The van der Waals surface area contributed by atoms with Crippen molar-refractivity contribution in [2.24, 2.45) is 11.8 Å². The van der Waals surface area contributed by atoms with Gasteiger partial charge in [0.15, 0.2) is 0 Å². The van der Waals surface area contributed by atoms with Crippen LogP contribution in [0.15, 0.2) is 54.6 Å². The van der Waals surface area contributed by atoms with E-state index in [1.54, 1.807) is 5.56 Å². The van der Waals surface area contributed by atoms with Crippen molar-refractivity contribution in [3.05, 3.63) is 71.3 Å². The summed E-state index contributed by atoms with van der Waals surface area (Å²) in [5.74, 6) is 2.08. The summed E-state index contributed by atoms with van der Waals surface area (Å²) in [6.45, 7) is 8.17. The zero-order chi connectivity index (χ0) is 19.5. The number of hydrogen-bond acceptors (Lipinski definition) is 2. The molecular weight excluding hydrogens is 342 g/mol. The van der Waals surface area contributed by atoms with Gasteiger partial charge in [-0.3, -0.25) is 4.90 Å².